The molecule has 1 atom stereocenters. The van der Waals surface area contributed by atoms with Crippen LogP contribution >= 0.6 is 0 Å². The Bertz CT molecular complexity index is 1010. The molecule has 0 N–H and O–H groups in total. The Morgan fingerprint density at radius 3 is 2.23 bits per heavy atom. The van der Waals surface area contributed by atoms with Crippen LogP contribution in [0.3, 0.4) is 0 Å². The minimum atomic E-state index is -4.45. The number of ether oxygens (including phenoxy) is 1. The van der Waals surface area contributed by atoms with Crippen molar-refractivity contribution in [1.29, 1.82) is 0 Å². The summed E-state index contributed by atoms with van der Waals surface area (Å²) in [4.78, 5) is 22.6. The maximum absolute atomic E-state index is 13.2. The lowest BCUT2D eigenvalue weighted by Gasteiger charge is -2.61. The summed E-state index contributed by atoms with van der Waals surface area (Å²) in [6.07, 6.45) is 5.51. The van der Waals surface area contributed by atoms with Gasteiger partial charge in [0.1, 0.15) is 4.90 Å². The van der Waals surface area contributed by atoms with Gasteiger partial charge in [-0.3, -0.25) is 10.1 Å². The summed E-state index contributed by atoms with van der Waals surface area (Å²) in [5.41, 5.74) is -0.840. The second-order valence-corrected chi connectivity index (χ2v) is 11.2. The van der Waals surface area contributed by atoms with Crippen molar-refractivity contribution in [3.05, 3.63) is 46.5 Å². The predicted molar refractivity (Wildman–Crippen MR) is 111 cm³/mol. The second-order valence-electron chi connectivity index (χ2n) is 9.61. The number of carbonyl (C=O) groups is 1. The Morgan fingerprint density at radius 1 is 1.19 bits per heavy atom. The van der Waals surface area contributed by atoms with E-state index < -0.39 is 32.2 Å². The fourth-order valence-electron chi connectivity index (χ4n) is 6.15. The van der Waals surface area contributed by atoms with E-state index in [1.807, 2.05) is 0 Å². The lowest BCUT2D eigenvalue weighted by atomic mass is 9.47. The van der Waals surface area contributed by atoms with Crippen LogP contribution in [0.25, 0.3) is 0 Å². The number of hydrogen-bond donors (Lipinski definition) is 0. The van der Waals surface area contributed by atoms with Gasteiger partial charge in [0.25, 0.3) is 5.69 Å². The third-order valence-electron chi connectivity index (χ3n) is 7.22. The minimum absolute atomic E-state index is 0.146. The molecule has 0 radical (unpaired) electrons. The van der Waals surface area contributed by atoms with Crippen molar-refractivity contribution in [2.45, 2.75) is 63.1 Å². The quantitative estimate of drug-likeness (QED) is 0.152. The van der Waals surface area contributed by atoms with Gasteiger partial charge < -0.3 is 4.74 Å². The highest BCUT2D eigenvalue weighted by Crippen LogP contribution is 2.65. The van der Waals surface area contributed by atoms with Crippen molar-refractivity contribution in [2.75, 3.05) is 0 Å². The highest BCUT2D eigenvalue weighted by atomic mass is 32.2. The van der Waals surface area contributed by atoms with E-state index in [-0.39, 0.29) is 16.2 Å². The number of non-ortho nitro benzene ring substituents is 1. The topological polar surface area (TPSA) is 113 Å². The first kappa shape index (κ1) is 22.0. The molecule has 1 aromatic rings. The van der Waals surface area contributed by atoms with Crippen LogP contribution in [0, 0.1) is 33.3 Å². The molecule has 31 heavy (non-hydrogen) atoms. The standard InChI is InChI=1S/C22H27NO7S/c1-14(2)20(24)29-21(3,22-11-15-7-16(12-22)9-17(8-15)13-22)30-31(27,28)19-6-4-5-18(10-19)23(25)26/h4-6,10,15-17H,1,7-9,11-13H2,2-3H3. The molecule has 0 aromatic heterocycles. The van der Waals surface area contributed by atoms with Crippen LogP contribution in [-0.2, 0) is 23.8 Å². The predicted octanol–water partition coefficient (Wildman–Crippen LogP) is 4.35. The van der Waals surface area contributed by atoms with Gasteiger partial charge in [-0.25, -0.2) is 8.98 Å². The van der Waals surface area contributed by atoms with Crippen LogP contribution in [0.15, 0.2) is 41.3 Å². The van der Waals surface area contributed by atoms with Gasteiger partial charge in [0.05, 0.1) is 4.92 Å². The fourth-order valence-corrected chi connectivity index (χ4v) is 7.39. The van der Waals surface area contributed by atoms with E-state index in [0.717, 1.165) is 44.6 Å². The average molecular weight is 450 g/mol. The van der Waals surface area contributed by atoms with Gasteiger partial charge in [-0.05, 0) is 69.3 Å². The first-order valence-corrected chi connectivity index (χ1v) is 11.9. The Balaban J connectivity index is 1.73. The molecule has 1 unspecified atom stereocenters. The van der Waals surface area contributed by atoms with Gasteiger partial charge >= 0.3 is 16.1 Å². The summed E-state index contributed by atoms with van der Waals surface area (Å²) in [6, 6.07) is 4.69. The van der Waals surface area contributed by atoms with E-state index in [4.69, 9.17) is 8.92 Å². The number of nitrogens with zero attached hydrogens (tertiary/aromatic N) is 1. The molecule has 4 bridgehead atoms. The number of nitro groups is 1. The number of benzene rings is 1. The zero-order chi connectivity index (χ0) is 22.6. The van der Waals surface area contributed by atoms with Crippen molar-refractivity contribution < 1.29 is 27.1 Å². The molecule has 0 aliphatic heterocycles. The molecule has 0 spiro atoms. The van der Waals surface area contributed by atoms with E-state index >= 15 is 0 Å². The largest absolute Gasteiger partial charge is 0.428 e. The van der Waals surface area contributed by atoms with Crippen LogP contribution in [0.5, 0.6) is 0 Å². The van der Waals surface area contributed by atoms with Crippen molar-refractivity contribution >= 4 is 21.8 Å². The molecule has 1 aromatic carbocycles. The van der Waals surface area contributed by atoms with E-state index in [2.05, 4.69) is 6.58 Å². The van der Waals surface area contributed by atoms with Crippen molar-refractivity contribution in [1.82, 2.24) is 0 Å². The van der Waals surface area contributed by atoms with Crippen LogP contribution in [0.4, 0.5) is 5.69 Å². The molecule has 5 rings (SSSR count). The van der Waals surface area contributed by atoms with Gasteiger partial charge in [0.15, 0.2) is 0 Å². The monoisotopic (exact) mass is 449 g/mol. The lowest BCUT2D eigenvalue weighted by molar-refractivity contribution is -0.385. The average Bonchev–Trinajstić information content (AvgIpc) is 2.66. The third-order valence-corrected chi connectivity index (χ3v) is 8.59. The van der Waals surface area contributed by atoms with E-state index in [0.29, 0.717) is 17.8 Å². The van der Waals surface area contributed by atoms with Gasteiger partial charge in [-0.1, -0.05) is 12.6 Å². The van der Waals surface area contributed by atoms with Gasteiger partial charge in [-0.2, -0.15) is 8.42 Å². The number of rotatable bonds is 7. The van der Waals surface area contributed by atoms with Crippen molar-refractivity contribution in [2.24, 2.45) is 23.2 Å². The Morgan fingerprint density at radius 2 is 1.74 bits per heavy atom. The smallest absolute Gasteiger partial charge is 0.335 e. The molecule has 0 heterocycles. The minimum Gasteiger partial charge on any atom is -0.428 e. The third kappa shape index (κ3) is 3.89. The normalized spacial score (nSPS) is 31.1. The molecule has 8 nitrogen and oxygen atoms in total. The van der Waals surface area contributed by atoms with Gasteiger partial charge in [0, 0.05) is 30.0 Å². The second kappa shape index (κ2) is 7.41. The molecule has 4 fully saturated rings. The molecule has 0 saturated heterocycles. The summed E-state index contributed by atoms with van der Waals surface area (Å²) in [5, 5.41) is 11.1. The zero-order valence-corrected chi connectivity index (χ0v) is 18.5. The number of nitro benzene ring substituents is 1. The van der Waals surface area contributed by atoms with Crippen LogP contribution in [0.2, 0.25) is 0 Å². The zero-order valence-electron chi connectivity index (χ0n) is 17.7. The maximum atomic E-state index is 13.2. The maximum Gasteiger partial charge on any atom is 0.335 e. The molecule has 9 heteroatoms. The molecule has 4 aliphatic rings. The molecule has 4 saturated carbocycles. The van der Waals surface area contributed by atoms with Crippen LogP contribution < -0.4 is 0 Å². The van der Waals surface area contributed by atoms with E-state index in [1.54, 1.807) is 0 Å². The summed E-state index contributed by atoms with van der Waals surface area (Å²) >= 11 is 0. The molecular formula is C22H27NO7S. The Kier molecular flexibility index (Phi) is 5.25. The summed E-state index contributed by atoms with van der Waals surface area (Å²) in [5.74, 6) is -1.08. The van der Waals surface area contributed by atoms with Gasteiger partial charge in [0.2, 0.25) is 5.79 Å². The highest BCUT2D eigenvalue weighted by molar-refractivity contribution is 7.86. The Labute approximate surface area is 181 Å². The lowest BCUT2D eigenvalue weighted by Crippen LogP contribution is -2.60. The van der Waals surface area contributed by atoms with E-state index in [1.165, 1.54) is 32.0 Å². The SMILES string of the molecule is C=C(C)C(=O)OC(C)(OS(=O)(=O)c1cccc([N+](=O)[O-])c1)C12CC3CC(CC(C3)C1)C2. The number of carbonyl (C=O) groups excluding carboxylic acids is 1. The molecule has 0 amide bonds. The van der Waals surface area contributed by atoms with Crippen LogP contribution in [-0.4, -0.2) is 25.1 Å². The first-order valence-electron chi connectivity index (χ1n) is 10.5. The molecule has 4 aliphatic carbocycles. The summed E-state index contributed by atoms with van der Waals surface area (Å²) in [6.45, 7) is 6.64. The van der Waals surface area contributed by atoms with E-state index in [9.17, 15) is 23.3 Å². The van der Waals surface area contributed by atoms with Gasteiger partial charge in [-0.15, -0.1) is 0 Å². The summed E-state index contributed by atoms with van der Waals surface area (Å²) < 4.78 is 37.9. The number of hydrogen-bond acceptors (Lipinski definition) is 7. The molecule has 168 valence electrons. The summed E-state index contributed by atoms with van der Waals surface area (Å²) in [7, 11) is -4.45. The van der Waals surface area contributed by atoms with Crippen molar-refractivity contribution in [3.8, 4) is 0 Å². The van der Waals surface area contributed by atoms with Crippen molar-refractivity contribution in [3.63, 3.8) is 0 Å². The van der Waals surface area contributed by atoms with Crippen LogP contribution in [0.1, 0.15) is 52.4 Å². The first-order chi connectivity index (χ1) is 14.4. The highest BCUT2D eigenvalue weighted by Gasteiger charge is 2.63. The Hall–Kier alpha value is -2.26. The fraction of sp³-hybridized carbons (Fsp3) is 0.591. The number of esters is 1. The molecular weight excluding hydrogens is 422 g/mol.